The van der Waals surface area contributed by atoms with Crippen LogP contribution in [0.25, 0.3) is 21.5 Å². The van der Waals surface area contributed by atoms with Gasteiger partial charge in [0.15, 0.2) is 0 Å². The van der Waals surface area contributed by atoms with E-state index >= 15 is 0 Å². The second-order valence-corrected chi connectivity index (χ2v) is 12.1. The lowest BCUT2D eigenvalue weighted by Gasteiger charge is -2.34. The van der Waals surface area contributed by atoms with Crippen LogP contribution in [0.1, 0.15) is 22.5 Å². The molecule has 0 bridgehead atoms. The monoisotopic (exact) mass is 632 g/mol. The molecular weight excluding hydrogens is 605 g/mol. The van der Waals surface area contributed by atoms with E-state index in [0.29, 0.717) is 26.7 Å². The van der Waals surface area contributed by atoms with Crippen LogP contribution in [0.5, 0.6) is 0 Å². The lowest BCUT2D eigenvalue weighted by Crippen LogP contribution is -2.48. The summed E-state index contributed by atoms with van der Waals surface area (Å²) in [7, 11) is 3.90. The molecule has 0 spiro atoms. The smallest absolute Gasteiger partial charge is 0.344 e. The molecular formula is C29H28ClF3N6O3S. The standard InChI is InChI=1S/C29H28ClF3N6O3S/c1-35(13-14-37-11-3-4-12-37)28-34-21-15-20(9-10-22(21)36(28)2)38-17-39(42-27(41)29(31,32)33)23-16-24(43-25(23)26(38)40)18-5-7-19(30)8-6-18/h5-10,15-16H,3-4,11-14,17H2,1-2H3. The number of aromatic nitrogens is 2. The van der Waals surface area contributed by atoms with Crippen molar-refractivity contribution in [2.24, 2.45) is 7.05 Å². The van der Waals surface area contributed by atoms with Gasteiger partial charge in [0.2, 0.25) is 5.95 Å². The van der Waals surface area contributed by atoms with Crippen molar-refractivity contribution >= 4 is 63.2 Å². The van der Waals surface area contributed by atoms with Gasteiger partial charge in [-0.25, -0.2) is 9.78 Å². The van der Waals surface area contributed by atoms with E-state index in [9.17, 15) is 22.8 Å². The van der Waals surface area contributed by atoms with Crippen molar-refractivity contribution in [3.63, 3.8) is 0 Å². The molecule has 1 amide bonds. The number of amides is 1. The summed E-state index contributed by atoms with van der Waals surface area (Å²) in [5, 5.41) is 1.32. The molecule has 0 atom stereocenters. The van der Waals surface area contributed by atoms with Gasteiger partial charge in [-0.2, -0.15) is 18.2 Å². The number of likely N-dealkylation sites (tertiary alicyclic amines) is 1. The third-order valence-electron chi connectivity index (χ3n) is 7.69. The van der Waals surface area contributed by atoms with Gasteiger partial charge in [-0.3, -0.25) is 9.69 Å². The summed E-state index contributed by atoms with van der Waals surface area (Å²) in [6, 6.07) is 13.6. The molecule has 2 aliphatic rings. The first-order valence-corrected chi connectivity index (χ1v) is 14.9. The molecule has 0 aliphatic carbocycles. The van der Waals surface area contributed by atoms with E-state index in [1.807, 2.05) is 24.7 Å². The number of carbonyl (C=O) groups is 2. The molecule has 9 nitrogen and oxygen atoms in total. The van der Waals surface area contributed by atoms with E-state index in [4.69, 9.17) is 21.4 Å². The third kappa shape index (κ3) is 5.76. The van der Waals surface area contributed by atoms with Crippen molar-refractivity contribution in [1.29, 1.82) is 0 Å². The first-order valence-electron chi connectivity index (χ1n) is 13.7. The van der Waals surface area contributed by atoms with Crippen LogP contribution in [0.3, 0.4) is 0 Å². The topological polar surface area (TPSA) is 74.2 Å². The summed E-state index contributed by atoms with van der Waals surface area (Å²) < 4.78 is 41.6. The van der Waals surface area contributed by atoms with Crippen LogP contribution in [0.2, 0.25) is 5.02 Å². The number of thiophene rings is 1. The molecule has 0 radical (unpaired) electrons. The number of benzene rings is 2. The molecule has 4 aromatic rings. The van der Waals surface area contributed by atoms with Gasteiger partial charge in [0.1, 0.15) is 17.2 Å². The van der Waals surface area contributed by atoms with Crippen LogP contribution >= 0.6 is 22.9 Å². The number of fused-ring (bicyclic) bond motifs is 2. The van der Waals surface area contributed by atoms with Gasteiger partial charge in [-0.1, -0.05) is 23.7 Å². The number of imidazole rings is 1. The highest BCUT2D eigenvalue weighted by atomic mass is 35.5. The molecule has 2 aromatic carbocycles. The Morgan fingerprint density at radius 2 is 1.84 bits per heavy atom. The Balaban J connectivity index is 1.32. The highest BCUT2D eigenvalue weighted by Crippen LogP contribution is 2.42. The minimum absolute atomic E-state index is 0.0784. The lowest BCUT2D eigenvalue weighted by molar-refractivity contribution is -0.201. The molecule has 4 heterocycles. The lowest BCUT2D eigenvalue weighted by atomic mass is 10.1. The molecule has 6 rings (SSSR count). The third-order valence-corrected chi connectivity index (χ3v) is 9.10. The van der Waals surface area contributed by atoms with Crippen molar-refractivity contribution in [1.82, 2.24) is 14.5 Å². The van der Waals surface area contributed by atoms with Crippen LogP contribution in [-0.2, 0) is 16.7 Å². The fourth-order valence-corrected chi connectivity index (χ4v) is 6.61. The van der Waals surface area contributed by atoms with Gasteiger partial charge < -0.3 is 19.2 Å². The maximum Gasteiger partial charge on any atom is 0.493 e. The number of rotatable bonds is 7. The Kier molecular flexibility index (Phi) is 7.73. The average Bonchev–Trinajstić information content (AvgIpc) is 3.73. The number of hydrogen-bond donors (Lipinski definition) is 0. The largest absolute Gasteiger partial charge is 0.493 e. The Hall–Kier alpha value is -3.81. The van der Waals surface area contributed by atoms with E-state index in [1.54, 1.807) is 36.4 Å². The zero-order valence-electron chi connectivity index (χ0n) is 23.4. The molecule has 0 N–H and O–H groups in total. The Bertz CT molecular complexity index is 1680. The van der Waals surface area contributed by atoms with Crippen LogP contribution in [0, 0.1) is 0 Å². The first-order chi connectivity index (χ1) is 20.5. The van der Waals surface area contributed by atoms with Crippen LogP contribution in [0.4, 0.5) is 30.5 Å². The minimum atomic E-state index is -5.22. The first kappa shape index (κ1) is 29.3. The van der Waals surface area contributed by atoms with Crippen molar-refractivity contribution in [3.05, 3.63) is 58.4 Å². The summed E-state index contributed by atoms with van der Waals surface area (Å²) in [4.78, 5) is 41.8. The molecule has 1 fully saturated rings. The van der Waals surface area contributed by atoms with E-state index in [2.05, 4.69) is 9.80 Å². The number of aryl methyl sites for hydroxylation is 1. The number of hydrogen-bond acceptors (Lipinski definition) is 8. The molecule has 2 aliphatic heterocycles. The van der Waals surface area contributed by atoms with E-state index in [-0.39, 0.29) is 10.6 Å². The zero-order chi connectivity index (χ0) is 30.5. The molecule has 2 aromatic heterocycles. The van der Waals surface area contributed by atoms with Crippen molar-refractivity contribution < 1.29 is 27.6 Å². The molecule has 0 unspecified atom stereocenters. The maximum atomic E-state index is 13.8. The molecule has 0 saturated carbocycles. The molecule has 1 saturated heterocycles. The predicted octanol–water partition coefficient (Wildman–Crippen LogP) is 5.93. The Morgan fingerprint density at radius 3 is 2.53 bits per heavy atom. The Labute approximate surface area is 254 Å². The fourth-order valence-electron chi connectivity index (χ4n) is 5.38. The molecule has 14 heteroatoms. The average molecular weight is 633 g/mol. The van der Waals surface area contributed by atoms with Crippen LogP contribution in [0.15, 0.2) is 48.5 Å². The zero-order valence-corrected chi connectivity index (χ0v) is 25.0. The summed E-state index contributed by atoms with van der Waals surface area (Å²) in [6.07, 6.45) is -2.78. The number of nitrogens with zero attached hydrogens (tertiary/aromatic N) is 6. The van der Waals surface area contributed by atoms with Crippen molar-refractivity contribution in [2.45, 2.75) is 19.0 Å². The van der Waals surface area contributed by atoms with Gasteiger partial charge in [-0.15, -0.1) is 11.3 Å². The Morgan fingerprint density at radius 1 is 1.12 bits per heavy atom. The SMILES string of the molecule is CN(CCN1CCCC1)c1nc2cc(N3CN(OC(=O)C(F)(F)F)c4cc(-c5ccc(Cl)cc5)sc4C3=O)ccc2n1C. The second-order valence-electron chi connectivity index (χ2n) is 10.6. The molecule has 43 heavy (non-hydrogen) atoms. The minimum Gasteiger partial charge on any atom is -0.344 e. The number of likely N-dealkylation sites (N-methyl/N-ethyl adjacent to an activating group) is 1. The maximum absolute atomic E-state index is 13.8. The highest BCUT2D eigenvalue weighted by molar-refractivity contribution is 7.18. The van der Waals surface area contributed by atoms with Crippen molar-refractivity contribution in [3.8, 4) is 10.4 Å². The summed E-state index contributed by atoms with van der Waals surface area (Å²) >= 11 is 7.10. The number of anilines is 3. The fraction of sp³-hybridized carbons (Fsp3) is 0.345. The van der Waals surface area contributed by atoms with Gasteiger partial charge in [0.25, 0.3) is 5.91 Å². The van der Waals surface area contributed by atoms with Crippen LogP contribution < -0.4 is 14.9 Å². The van der Waals surface area contributed by atoms with E-state index in [1.165, 1.54) is 23.8 Å². The second kappa shape index (κ2) is 11.4. The van der Waals surface area contributed by atoms with Crippen molar-refractivity contribution in [2.75, 3.05) is 54.8 Å². The highest BCUT2D eigenvalue weighted by Gasteiger charge is 2.45. The van der Waals surface area contributed by atoms with E-state index < -0.39 is 24.7 Å². The van der Waals surface area contributed by atoms with Gasteiger partial charge in [0, 0.05) is 42.8 Å². The van der Waals surface area contributed by atoms with Gasteiger partial charge >= 0.3 is 12.1 Å². The summed E-state index contributed by atoms with van der Waals surface area (Å²) in [5.41, 5.74) is 2.64. The number of halogens is 4. The van der Waals surface area contributed by atoms with Crippen LogP contribution in [-0.4, -0.2) is 72.4 Å². The number of carbonyl (C=O) groups excluding carboxylic acids is 2. The summed E-state index contributed by atoms with van der Waals surface area (Å²) in [6.45, 7) is 3.50. The molecule has 226 valence electrons. The normalized spacial score (nSPS) is 15.8. The van der Waals surface area contributed by atoms with Gasteiger partial charge in [-0.05, 0) is 67.9 Å². The predicted molar refractivity (Wildman–Crippen MR) is 161 cm³/mol. The summed E-state index contributed by atoms with van der Waals surface area (Å²) in [5.74, 6) is -2.06. The number of alkyl halides is 3. The van der Waals surface area contributed by atoms with Gasteiger partial charge in [0.05, 0.1) is 11.0 Å². The van der Waals surface area contributed by atoms with E-state index in [0.717, 1.165) is 54.0 Å². The number of hydroxylamine groups is 1. The quantitative estimate of drug-likeness (QED) is 0.250.